The van der Waals surface area contributed by atoms with Crippen LogP contribution < -0.4 is 4.74 Å². The molecule has 1 heterocycles. The number of aromatic nitrogens is 1. The van der Waals surface area contributed by atoms with Gasteiger partial charge in [0.25, 0.3) is 0 Å². The van der Waals surface area contributed by atoms with Crippen LogP contribution in [-0.2, 0) is 0 Å². The van der Waals surface area contributed by atoms with E-state index in [2.05, 4.69) is 4.98 Å². The topological polar surface area (TPSA) is 22.1 Å². The summed E-state index contributed by atoms with van der Waals surface area (Å²) >= 11 is 0. The summed E-state index contributed by atoms with van der Waals surface area (Å²) in [5.74, 6) is -1.32. The molecule has 14 heavy (non-hydrogen) atoms. The van der Waals surface area contributed by atoms with E-state index in [1.807, 2.05) is 6.92 Å². The fourth-order valence-electron chi connectivity index (χ4n) is 1.04. The zero-order valence-electron chi connectivity index (χ0n) is 8.31. The summed E-state index contributed by atoms with van der Waals surface area (Å²) in [5.41, 5.74) is 0.126. The molecule has 0 bridgehead atoms. The molecule has 0 aliphatic carbocycles. The second kappa shape index (κ2) is 4.88. The lowest BCUT2D eigenvalue weighted by Gasteiger charge is -2.09. The molecule has 0 fully saturated rings. The number of nitrogens with zero attached hydrogens (tertiary/aromatic N) is 1. The molecule has 0 aromatic carbocycles. The van der Waals surface area contributed by atoms with Gasteiger partial charge in [-0.1, -0.05) is 13.3 Å². The summed E-state index contributed by atoms with van der Waals surface area (Å²) in [6, 6.07) is 0. The summed E-state index contributed by atoms with van der Waals surface area (Å²) in [7, 11) is 0. The first-order valence-corrected chi connectivity index (χ1v) is 4.60. The van der Waals surface area contributed by atoms with Crippen molar-refractivity contribution in [3.05, 3.63) is 23.5 Å². The Morgan fingerprint density at radius 1 is 1.43 bits per heavy atom. The lowest BCUT2D eigenvalue weighted by molar-refractivity contribution is 0.288. The van der Waals surface area contributed by atoms with E-state index < -0.39 is 11.8 Å². The molecule has 0 aliphatic rings. The van der Waals surface area contributed by atoms with Crippen LogP contribution in [0.3, 0.4) is 0 Å². The first-order chi connectivity index (χ1) is 6.66. The van der Waals surface area contributed by atoms with Crippen LogP contribution in [0.4, 0.5) is 8.78 Å². The number of hydrogen-bond donors (Lipinski definition) is 0. The Labute approximate surface area is 81.9 Å². The largest absolute Gasteiger partial charge is 0.490 e. The van der Waals surface area contributed by atoms with E-state index in [-0.39, 0.29) is 11.3 Å². The van der Waals surface area contributed by atoms with E-state index >= 15 is 0 Å². The van der Waals surface area contributed by atoms with E-state index in [1.165, 1.54) is 6.92 Å². The molecule has 0 aliphatic heterocycles. The van der Waals surface area contributed by atoms with Crippen molar-refractivity contribution in [2.45, 2.75) is 26.7 Å². The van der Waals surface area contributed by atoms with Gasteiger partial charge < -0.3 is 4.74 Å². The molecule has 2 nitrogen and oxygen atoms in total. The third-order valence-electron chi connectivity index (χ3n) is 1.90. The van der Waals surface area contributed by atoms with Crippen LogP contribution in [0.25, 0.3) is 0 Å². The van der Waals surface area contributed by atoms with E-state index in [0.29, 0.717) is 6.61 Å². The lowest BCUT2D eigenvalue weighted by Crippen LogP contribution is -2.03. The van der Waals surface area contributed by atoms with Crippen molar-refractivity contribution >= 4 is 0 Å². The van der Waals surface area contributed by atoms with Crippen molar-refractivity contribution in [2.75, 3.05) is 6.61 Å². The normalized spacial score (nSPS) is 10.3. The zero-order valence-corrected chi connectivity index (χ0v) is 8.31. The van der Waals surface area contributed by atoms with Gasteiger partial charge >= 0.3 is 0 Å². The predicted octanol–water partition coefficient (Wildman–Crippen LogP) is 2.85. The van der Waals surface area contributed by atoms with E-state index in [9.17, 15) is 8.78 Å². The number of pyridine rings is 1. The van der Waals surface area contributed by atoms with Crippen molar-refractivity contribution in [2.24, 2.45) is 0 Å². The molecule has 0 unspecified atom stereocenters. The van der Waals surface area contributed by atoms with Crippen molar-refractivity contribution in [1.82, 2.24) is 4.98 Å². The molecule has 1 aromatic heterocycles. The second-order valence-electron chi connectivity index (χ2n) is 3.05. The minimum absolute atomic E-state index is 0.0223. The Bertz CT molecular complexity index is 315. The maximum absolute atomic E-state index is 13.1. The molecular weight excluding hydrogens is 188 g/mol. The predicted molar refractivity (Wildman–Crippen MR) is 49.3 cm³/mol. The fourth-order valence-corrected chi connectivity index (χ4v) is 1.04. The van der Waals surface area contributed by atoms with Gasteiger partial charge in [-0.15, -0.1) is 0 Å². The maximum atomic E-state index is 13.1. The average molecular weight is 201 g/mol. The SMILES string of the molecule is CCCCOc1c(F)cnc(F)c1C. The van der Waals surface area contributed by atoms with E-state index in [4.69, 9.17) is 4.74 Å². The third-order valence-corrected chi connectivity index (χ3v) is 1.90. The van der Waals surface area contributed by atoms with Gasteiger partial charge in [-0.2, -0.15) is 4.39 Å². The molecule has 0 atom stereocenters. The highest BCUT2D eigenvalue weighted by atomic mass is 19.1. The van der Waals surface area contributed by atoms with Crippen molar-refractivity contribution in [1.29, 1.82) is 0 Å². The Balaban J connectivity index is 2.79. The van der Waals surface area contributed by atoms with Crippen LogP contribution in [0.5, 0.6) is 5.75 Å². The molecule has 4 heteroatoms. The maximum Gasteiger partial charge on any atom is 0.219 e. The van der Waals surface area contributed by atoms with Crippen LogP contribution in [0.1, 0.15) is 25.3 Å². The second-order valence-corrected chi connectivity index (χ2v) is 3.05. The molecular formula is C10H13F2NO. The van der Waals surface area contributed by atoms with Gasteiger partial charge in [-0.3, -0.25) is 0 Å². The van der Waals surface area contributed by atoms with Crippen LogP contribution in [-0.4, -0.2) is 11.6 Å². The fraction of sp³-hybridized carbons (Fsp3) is 0.500. The summed E-state index contributed by atoms with van der Waals surface area (Å²) < 4.78 is 31.1. The number of unbranched alkanes of at least 4 members (excludes halogenated alkanes) is 1. The standard InChI is InChI=1S/C10H13F2NO/c1-3-4-5-14-9-7(2)10(12)13-6-8(9)11/h6H,3-5H2,1-2H3. The number of halogens is 2. The van der Waals surface area contributed by atoms with Gasteiger partial charge in [0.15, 0.2) is 11.6 Å². The van der Waals surface area contributed by atoms with Crippen LogP contribution >= 0.6 is 0 Å². The monoisotopic (exact) mass is 201 g/mol. The Morgan fingerprint density at radius 3 is 2.79 bits per heavy atom. The minimum Gasteiger partial charge on any atom is -0.490 e. The smallest absolute Gasteiger partial charge is 0.219 e. The van der Waals surface area contributed by atoms with Gasteiger partial charge in [0.05, 0.1) is 12.8 Å². The van der Waals surface area contributed by atoms with E-state index in [0.717, 1.165) is 19.0 Å². The van der Waals surface area contributed by atoms with Crippen LogP contribution in [0, 0.1) is 18.7 Å². The number of ether oxygens (including phenoxy) is 1. The van der Waals surface area contributed by atoms with E-state index in [1.54, 1.807) is 0 Å². The molecule has 0 amide bonds. The molecule has 0 spiro atoms. The summed E-state index contributed by atoms with van der Waals surface area (Å²) in [4.78, 5) is 3.25. The molecule has 1 aromatic rings. The van der Waals surface area contributed by atoms with Crippen molar-refractivity contribution in [3.8, 4) is 5.75 Å². The van der Waals surface area contributed by atoms with Crippen LogP contribution in [0.15, 0.2) is 6.20 Å². The van der Waals surface area contributed by atoms with Gasteiger partial charge in [0.1, 0.15) is 0 Å². The number of rotatable bonds is 4. The molecule has 1 rings (SSSR count). The van der Waals surface area contributed by atoms with Gasteiger partial charge in [-0.25, -0.2) is 9.37 Å². The van der Waals surface area contributed by atoms with Gasteiger partial charge in [0, 0.05) is 5.56 Å². The summed E-state index contributed by atoms with van der Waals surface area (Å²) in [5, 5.41) is 0. The molecule has 78 valence electrons. The first kappa shape index (κ1) is 10.9. The van der Waals surface area contributed by atoms with Gasteiger partial charge in [-0.05, 0) is 13.3 Å². The Kier molecular flexibility index (Phi) is 3.80. The summed E-state index contributed by atoms with van der Waals surface area (Å²) in [6.45, 7) is 3.85. The van der Waals surface area contributed by atoms with Crippen molar-refractivity contribution in [3.63, 3.8) is 0 Å². The van der Waals surface area contributed by atoms with Crippen LogP contribution in [0.2, 0.25) is 0 Å². The highest BCUT2D eigenvalue weighted by Gasteiger charge is 2.12. The molecule has 0 N–H and O–H groups in total. The van der Waals surface area contributed by atoms with Gasteiger partial charge in [0.2, 0.25) is 5.95 Å². The summed E-state index contributed by atoms with van der Waals surface area (Å²) in [6.07, 6.45) is 2.61. The molecule has 0 saturated heterocycles. The zero-order chi connectivity index (χ0) is 10.6. The first-order valence-electron chi connectivity index (χ1n) is 4.60. The molecule has 0 radical (unpaired) electrons. The minimum atomic E-state index is -0.683. The highest BCUT2D eigenvalue weighted by molar-refractivity contribution is 5.31. The lowest BCUT2D eigenvalue weighted by atomic mass is 10.2. The quantitative estimate of drug-likeness (QED) is 0.552. The Hall–Kier alpha value is -1.19. The third kappa shape index (κ3) is 2.40. The highest BCUT2D eigenvalue weighted by Crippen LogP contribution is 2.22. The van der Waals surface area contributed by atoms with Crippen molar-refractivity contribution < 1.29 is 13.5 Å². The Morgan fingerprint density at radius 2 is 2.14 bits per heavy atom. The number of hydrogen-bond acceptors (Lipinski definition) is 2. The molecule has 0 saturated carbocycles. The average Bonchev–Trinajstić information content (AvgIpc) is 2.18.